The third kappa shape index (κ3) is 4.36. The number of carbonyl (C=O) groups excluding carboxylic acids is 2. The van der Waals surface area contributed by atoms with Gasteiger partial charge in [0, 0.05) is 30.1 Å². The van der Waals surface area contributed by atoms with Crippen LogP contribution in [0.25, 0.3) is 10.8 Å². The number of likely N-dealkylation sites (tertiary alicyclic amines) is 1. The summed E-state index contributed by atoms with van der Waals surface area (Å²) in [6.45, 7) is 3.03. The molecule has 1 saturated heterocycles. The van der Waals surface area contributed by atoms with Crippen molar-refractivity contribution < 1.29 is 9.59 Å². The van der Waals surface area contributed by atoms with Crippen LogP contribution in [0.4, 0.5) is 5.13 Å². The lowest BCUT2D eigenvalue weighted by Crippen LogP contribution is -2.44. The predicted octanol–water partition coefficient (Wildman–Crippen LogP) is 3.29. The summed E-state index contributed by atoms with van der Waals surface area (Å²) in [6, 6.07) is 6.46. The number of nitrogens with one attached hydrogen (secondary N) is 1. The minimum absolute atomic E-state index is 0.192. The third-order valence-corrected chi connectivity index (χ3v) is 6.21. The minimum Gasteiger partial charge on any atom is -0.325 e. The van der Waals surface area contributed by atoms with Crippen LogP contribution in [0, 0.1) is 0 Å². The zero-order chi connectivity index (χ0) is 21.8. The fourth-order valence-electron chi connectivity index (χ4n) is 3.95. The molecule has 1 aliphatic heterocycles. The van der Waals surface area contributed by atoms with Crippen molar-refractivity contribution in [3.8, 4) is 0 Å². The molecular formula is C22H25N5O3S. The van der Waals surface area contributed by atoms with Crippen LogP contribution in [-0.4, -0.2) is 44.1 Å². The first-order valence-corrected chi connectivity index (χ1v) is 11.5. The van der Waals surface area contributed by atoms with Crippen molar-refractivity contribution in [2.75, 3.05) is 11.9 Å². The second-order valence-electron chi connectivity index (χ2n) is 7.61. The molecule has 3 aromatic rings. The molecule has 8 nitrogen and oxygen atoms in total. The summed E-state index contributed by atoms with van der Waals surface area (Å²) in [6.07, 6.45) is 5.76. The van der Waals surface area contributed by atoms with Gasteiger partial charge in [-0.2, -0.15) is 5.10 Å². The molecule has 2 amide bonds. The van der Waals surface area contributed by atoms with Gasteiger partial charge in [-0.1, -0.05) is 38.0 Å². The molecule has 0 bridgehead atoms. The van der Waals surface area contributed by atoms with E-state index in [9.17, 15) is 14.4 Å². The Labute approximate surface area is 183 Å². The SMILES string of the molecule is CCCCCn1nc(C(=O)N2CCCC2C(=O)Nc2nccs2)c2ccccc2c1=O. The summed E-state index contributed by atoms with van der Waals surface area (Å²) in [7, 11) is 0. The number of benzene rings is 1. The number of hydrogen-bond donors (Lipinski definition) is 1. The van der Waals surface area contributed by atoms with Gasteiger partial charge < -0.3 is 10.2 Å². The Hall–Kier alpha value is -3.07. The van der Waals surface area contributed by atoms with E-state index < -0.39 is 6.04 Å². The molecule has 1 fully saturated rings. The van der Waals surface area contributed by atoms with Gasteiger partial charge in [-0.15, -0.1) is 11.3 Å². The van der Waals surface area contributed by atoms with Crippen LogP contribution in [0.2, 0.25) is 0 Å². The van der Waals surface area contributed by atoms with Crippen LogP contribution in [0.1, 0.15) is 49.5 Å². The fourth-order valence-corrected chi connectivity index (χ4v) is 4.48. The minimum atomic E-state index is -0.586. The molecule has 3 heterocycles. The molecule has 0 saturated carbocycles. The summed E-state index contributed by atoms with van der Waals surface area (Å²) in [5.41, 5.74) is 0.0309. The summed E-state index contributed by atoms with van der Waals surface area (Å²) in [4.78, 5) is 44.9. The molecule has 9 heteroatoms. The molecule has 4 rings (SSSR count). The maximum atomic E-state index is 13.5. The van der Waals surface area contributed by atoms with Gasteiger partial charge >= 0.3 is 0 Å². The summed E-state index contributed by atoms with van der Waals surface area (Å²) in [5.74, 6) is -0.571. The first kappa shape index (κ1) is 21.2. The van der Waals surface area contributed by atoms with Crippen molar-refractivity contribution in [2.24, 2.45) is 0 Å². The van der Waals surface area contributed by atoms with Crippen molar-refractivity contribution in [2.45, 2.75) is 51.6 Å². The topological polar surface area (TPSA) is 97.2 Å². The highest BCUT2D eigenvalue weighted by atomic mass is 32.1. The number of anilines is 1. The lowest BCUT2D eigenvalue weighted by atomic mass is 10.1. The highest BCUT2D eigenvalue weighted by Crippen LogP contribution is 2.24. The number of nitrogens with zero attached hydrogens (tertiary/aromatic N) is 4. The maximum absolute atomic E-state index is 13.5. The highest BCUT2D eigenvalue weighted by molar-refractivity contribution is 7.13. The zero-order valence-electron chi connectivity index (χ0n) is 17.4. The van der Waals surface area contributed by atoms with Crippen LogP contribution in [0.5, 0.6) is 0 Å². The van der Waals surface area contributed by atoms with Gasteiger partial charge in [0.05, 0.1) is 5.39 Å². The van der Waals surface area contributed by atoms with E-state index in [1.165, 1.54) is 16.0 Å². The normalized spacial score (nSPS) is 16.0. The standard InChI is InChI=1S/C22H25N5O3S/c1-2-3-6-13-27-20(29)16-9-5-4-8-15(16)18(25-27)21(30)26-12-7-10-17(26)19(28)24-22-23-11-14-31-22/h4-5,8-9,11,14,17H,2-3,6-7,10,12-13H2,1H3,(H,23,24,28). The molecule has 0 aliphatic carbocycles. The molecule has 162 valence electrons. The first-order chi connectivity index (χ1) is 15.1. The molecule has 31 heavy (non-hydrogen) atoms. The van der Waals surface area contributed by atoms with Gasteiger partial charge in [0.2, 0.25) is 5.91 Å². The predicted molar refractivity (Wildman–Crippen MR) is 120 cm³/mol. The van der Waals surface area contributed by atoms with E-state index in [0.29, 0.717) is 35.4 Å². The third-order valence-electron chi connectivity index (χ3n) is 5.52. The van der Waals surface area contributed by atoms with Crippen LogP contribution >= 0.6 is 11.3 Å². The molecule has 0 spiro atoms. The Balaban J connectivity index is 1.66. The molecular weight excluding hydrogens is 414 g/mol. The number of carbonyl (C=O) groups is 2. The van der Waals surface area contributed by atoms with Gasteiger partial charge in [-0.3, -0.25) is 14.4 Å². The fraction of sp³-hybridized carbons (Fsp3) is 0.409. The second kappa shape index (κ2) is 9.38. The van der Waals surface area contributed by atoms with E-state index in [1.807, 2.05) is 0 Å². The monoisotopic (exact) mass is 439 g/mol. The zero-order valence-corrected chi connectivity index (χ0v) is 18.2. The number of amides is 2. The first-order valence-electron chi connectivity index (χ1n) is 10.6. The lowest BCUT2D eigenvalue weighted by Gasteiger charge is -2.24. The van der Waals surface area contributed by atoms with Crippen molar-refractivity contribution in [3.05, 3.63) is 51.9 Å². The van der Waals surface area contributed by atoms with Crippen molar-refractivity contribution in [3.63, 3.8) is 0 Å². The number of fused-ring (bicyclic) bond motifs is 1. The lowest BCUT2D eigenvalue weighted by molar-refractivity contribution is -0.119. The Kier molecular flexibility index (Phi) is 6.41. The van der Waals surface area contributed by atoms with Crippen LogP contribution in [-0.2, 0) is 11.3 Å². The quantitative estimate of drug-likeness (QED) is 0.570. The molecule has 2 aromatic heterocycles. The molecule has 1 aliphatic rings. The van der Waals surface area contributed by atoms with Crippen LogP contribution < -0.4 is 10.9 Å². The summed E-state index contributed by atoms with van der Waals surface area (Å²) in [5, 5.41) is 10.5. The molecule has 1 N–H and O–H groups in total. The Bertz CT molecular complexity index is 1140. The van der Waals surface area contributed by atoms with Gasteiger partial charge in [0.25, 0.3) is 11.5 Å². The number of aryl methyl sites for hydroxylation is 1. The average Bonchev–Trinajstić information content (AvgIpc) is 3.47. The van der Waals surface area contributed by atoms with E-state index >= 15 is 0 Å². The van der Waals surface area contributed by atoms with E-state index in [-0.39, 0.29) is 23.1 Å². The Morgan fingerprint density at radius 3 is 2.77 bits per heavy atom. The Morgan fingerprint density at radius 2 is 2.03 bits per heavy atom. The van der Waals surface area contributed by atoms with Gasteiger partial charge in [-0.05, 0) is 25.3 Å². The molecule has 1 unspecified atom stereocenters. The highest BCUT2D eigenvalue weighted by Gasteiger charge is 2.36. The second-order valence-corrected chi connectivity index (χ2v) is 8.51. The largest absolute Gasteiger partial charge is 0.325 e. The number of unbranched alkanes of at least 4 members (excludes halogenated alkanes) is 2. The van der Waals surface area contributed by atoms with Gasteiger partial charge in [0.1, 0.15) is 6.04 Å². The summed E-state index contributed by atoms with van der Waals surface area (Å²) >= 11 is 1.33. The molecule has 0 radical (unpaired) electrons. The van der Waals surface area contributed by atoms with Gasteiger partial charge in [-0.25, -0.2) is 9.67 Å². The van der Waals surface area contributed by atoms with E-state index in [2.05, 4.69) is 22.3 Å². The smallest absolute Gasteiger partial charge is 0.275 e. The molecule has 1 atom stereocenters. The van der Waals surface area contributed by atoms with Crippen LogP contribution in [0.15, 0.2) is 40.6 Å². The van der Waals surface area contributed by atoms with Gasteiger partial charge in [0.15, 0.2) is 10.8 Å². The number of rotatable bonds is 7. The van der Waals surface area contributed by atoms with E-state index in [0.717, 1.165) is 25.7 Å². The van der Waals surface area contributed by atoms with Crippen LogP contribution in [0.3, 0.4) is 0 Å². The average molecular weight is 440 g/mol. The van der Waals surface area contributed by atoms with Crippen molar-refractivity contribution in [1.29, 1.82) is 0 Å². The number of hydrogen-bond acceptors (Lipinski definition) is 6. The van der Waals surface area contributed by atoms with Crippen molar-refractivity contribution >= 4 is 39.1 Å². The summed E-state index contributed by atoms with van der Waals surface area (Å²) < 4.78 is 1.39. The maximum Gasteiger partial charge on any atom is 0.275 e. The van der Waals surface area contributed by atoms with Crippen molar-refractivity contribution in [1.82, 2.24) is 19.7 Å². The number of aromatic nitrogens is 3. The van der Waals surface area contributed by atoms with E-state index in [4.69, 9.17) is 0 Å². The van der Waals surface area contributed by atoms with E-state index in [1.54, 1.807) is 40.7 Å². The Morgan fingerprint density at radius 1 is 1.23 bits per heavy atom. The molecule has 1 aromatic carbocycles. The number of thiazole rings is 1.